The Morgan fingerprint density at radius 1 is 1.03 bits per heavy atom. The minimum Gasteiger partial charge on any atom is -0.493 e. The zero-order valence-electron chi connectivity index (χ0n) is 18.8. The molecule has 0 atom stereocenters. The van der Waals surface area contributed by atoms with Crippen molar-refractivity contribution in [1.82, 2.24) is 15.1 Å². The molecule has 0 saturated carbocycles. The fourth-order valence-corrected chi connectivity index (χ4v) is 3.95. The molecule has 9 nitrogen and oxygen atoms in total. The monoisotopic (exact) mass is 473 g/mol. The van der Waals surface area contributed by atoms with Gasteiger partial charge in [-0.3, -0.25) is 9.59 Å². The number of nitrogens with zero attached hydrogens (tertiary/aromatic N) is 2. The van der Waals surface area contributed by atoms with Gasteiger partial charge < -0.3 is 29.3 Å². The number of carbonyl (C=O) groups excluding carboxylic acids is 3. The van der Waals surface area contributed by atoms with Gasteiger partial charge in [0.15, 0.2) is 11.5 Å². The Bertz CT molecular complexity index is 1010. The van der Waals surface area contributed by atoms with E-state index in [0.717, 1.165) is 0 Å². The zero-order valence-corrected chi connectivity index (χ0v) is 19.6. The van der Waals surface area contributed by atoms with Crippen molar-refractivity contribution in [2.24, 2.45) is 0 Å². The molecule has 1 fully saturated rings. The molecule has 1 aromatic carbocycles. The van der Waals surface area contributed by atoms with Gasteiger partial charge in [-0.05, 0) is 42.1 Å². The zero-order chi connectivity index (χ0) is 23.8. The fourth-order valence-electron chi connectivity index (χ4n) is 3.33. The molecule has 3 amide bonds. The summed E-state index contributed by atoms with van der Waals surface area (Å²) in [7, 11) is 3.07. The highest BCUT2D eigenvalue weighted by atomic mass is 32.1. The van der Waals surface area contributed by atoms with E-state index >= 15 is 0 Å². The van der Waals surface area contributed by atoms with Gasteiger partial charge in [0.25, 0.3) is 11.8 Å². The van der Waals surface area contributed by atoms with E-state index in [4.69, 9.17) is 14.2 Å². The SMILES string of the molecule is CCOC(=O)N1CCN(C(=O)C(=Cc2ccc(OC)c(OC)c2)NC(=O)c2cccs2)CC1. The summed E-state index contributed by atoms with van der Waals surface area (Å²) < 4.78 is 15.6. The van der Waals surface area contributed by atoms with E-state index in [1.807, 2.05) is 0 Å². The molecule has 0 radical (unpaired) electrons. The summed E-state index contributed by atoms with van der Waals surface area (Å²) >= 11 is 1.29. The van der Waals surface area contributed by atoms with Crippen LogP contribution in [0.15, 0.2) is 41.4 Å². The highest BCUT2D eigenvalue weighted by Crippen LogP contribution is 2.28. The van der Waals surface area contributed by atoms with Gasteiger partial charge in [0, 0.05) is 26.2 Å². The van der Waals surface area contributed by atoms with Crippen molar-refractivity contribution < 1.29 is 28.6 Å². The van der Waals surface area contributed by atoms with Crippen LogP contribution in [0.25, 0.3) is 6.08 Å². The first-order valence-corrected chi connectivity index (χ1v) is 11.3. The highest BCUT2D eigenvalue weighted by Gasteiger charge is 2.27. The molecule has 1 saturated heterocycles. The maximum atomic E-state index is 13.3. The molecule has 0 aliphatic carbocycles. The molecule has 2 heterocycles. The van der Waals surface area contributed by atoms with Crippen LogP contribution < -0.4 is 14.8 Å². The molecule has 176 valence electrons. The standard InChI is InChI=1S/C23H27N3O6S/c1-4-32-23(29)26-11-9-25(10-12-26)22(28)17(24-21(27)20-6-5-13-33-20)14-16-7-8-18(30-2)19(15-16)31-3/h5-8,13-15H,4,9-12H2,1-3H3,(H,24,27). The second-order valence-electron chi connectivity index (χ2n) is 7.08. The first-order chi connectivity index (χ1) is 16.0. The average Bonchev–Trinajstić information content (AvgIpc) is 3.38. The Morgan fingerprint density at radius 3 is 2.33 bits per heavy atom. The Morgan fingerprint density at radius 2 is 1.73 bits per heavy atom. The van der Waals surface area contributed by atoms with E-state index in [2.05, 4.69) is 5.32 Å². The maximum Gasteiger partial charge on any atom is 0.409 e. The van der Waals surface area contributed by atoms with Crippen LogP contribution in [-0.4, -0.2) is 74.7 Å². The lowest BCUT2D eigenvalue weighted by Gasteiger charge is -2.34. The number of ether oxygens (including phenoxy) is 3. The number of hydrogen-bond acceptors (Lipinski definition) is 7. The van der Waals surface area contributed by atoms with E-state index in [-0.39, 0.29) is 17.5 Å². The van der Waals surface area contributed by atoms with Crippen molar-refractivity contribution in [2.75, 3.05) is 47.0 Å². The summed E-state index contributed by atoms with van der Waals surface area (Å²) in [5, 5.41) is 4.54. The van der Waals surface area contributed by atoms with Gasteiger partial charge in [-0.2, -0.15) is 0 Å². The van der Waals surface area contributed by atoms with Crippen molar-refractivity contribution in [2.45, 2.75) is 6.92 Å². The average molecular weight is 474 g/mol. The van der Waals surface area contributed by atoms with Gasteiger partial charge in [0.2, 0.25) is 0 Å². The molecule has 1 aromatic heterocycles. The van der Waals surface area contributed by atoms with Crippen molar-refractivity contribution in [3.05, 3.63) is 51.8 Å². The lowest BCUT2D eigenvalue weighted by molar-refractivity contribution is -0.128. The minimum atomic E-state index is -0.392. The summed E-state index contributed by atoms with van der Waals surface area (Å²) in [5.41, 5.74) is 0.790. The number of hydrogen-bond donors (Lipinski definition) is 1. The van der Waals surface area contributed by atoms with Gasteiger partial charge in [-0.15, -0.1) is 11.3 Å². The van der Waals surface area contributed by atoms with Crippen LogP contribution in [0.5, 0.6) is 11.5 Å². The van der Waals surface area contributed by atoms with E-state index < -0.39 is 6.09 Å². The Kier molecular flexibility index (Phi) is 8.31. The second kappa shape index (κ2) is 11.4. The molecule has 10 heteroatoms. The molecular formula is C23H27N3O6S. The predicted octanol–water partition coefficient (Wildman–Crippen LogP) is 2.84. The van der Waals surface area contributed by atoms with E-state index in [1.165, 1.54) is 18.4 Å². The third-order valence-corrected chi connectivity index (χ3v) is 5.90. The Hall–Kier alpha value is -3.53. The van der Waals surface area contributed by atoms with Crippen LogP contribution in [0.3, 0.4) is 0 Å². The van der Waals surface area contributed by atoms with Gasteiger partial charge >= 0.3 is 6.09 Å². The maximum absolute atomic E-state index is 13.3. The van der Waals surface area contributed by atoms with Gasteiger partial charge in [0.05, 0.1) is 25.7 Å². The number of benzene rings is 1. The van der Waals surface area contributed by atoms with Gasteiger partial charge in [-0.1, -0.05) is 12.1 Å². The highest BCUT2D eigenvalue weighted by molar-refractivity contribution is 7.12. The molecule has 0 spiro atoms. The van der Waals surface area contributed by atoms with Crippen molar-refractivity contribution in [3.63, 3.8) is 0 Å². The number of thiophene rings is 1. The Balaban J connectivity index is 1.83. The number of nitrogens with one attached hydrogen (secondary N) is 1. The van der Waals surface area contributed by atoms with Gasteiger partial charge in [-0.25, -0.2) is 4.79 Å². The molecule has 33 heavy (non-hydrogen) atoms. The molecule has 2 aromatic rings. The summed E-state index contributed by atoms with van der Waals surface area (Å²) in [4.78, 5) is 41.7. The van der Waals surface area contributed by atoms with Crippen molar-refractivity contribution >= 4 is 35.3 Å². The van der Waals surface area contributed by atoms with Crippen LogP contribution >= 0.6 is 11.3 Å². The first-order valence-electron chi connectivity index (χ1n) is 10.5. The van der Waals surface area contributed by atoms with Crippen LogP contribution in [0, 0.1) is 0 Å². The Labute approximate surface area is 196 Å². The van der Waals surface area contributed by atoms with E-state index in [0.29, 0.717) is 54.7 Å². The third-order valence-electron chi connectivity index (χ3n) is 5.04. The van der Waals surface area contributed by atoms with Crippen LogP contribution in [0.2, 0.25) is 0 Å². The van der Waals surface area contributed by atoms with Crippen molar-refractivity contribution in [3.8, 4) is 11.5 Å². The minimum absolute atomic E-state index is 0.130. The predicted molar refractivity (Wildman–Crippen MR) is 124 cm³/mol. The quantitative estimate of drug-likeness (QED) is 0.621. The topological polar surface area (TPSA) is 97.4 Å². The number of amides is 3. The summed E-state index contributed by atoms with van der Waals surface area (Å²) in [6, 6.07) is 8.68. The summed E-state index contributed by atoms with van der Waals surface area (Å²) in [5.74, 6) is 0.361. The second-order valence-corrected chi connectivity index (χ2v) is 8.03. The molecule has 1 aliphatic rings. The number of methoxy groups -OCH3 is 2. The van der Waals surface area contributed by atoms with E-state index in [1.54, 1.807) is 65.6 Å². The fraction of sp³-hybridized carbons (Fsp3) is 0.348. The third kappa shape index (κ3) is 6.04. The lowest BCUT2D eigenvalue weighted by atomic mass is 10.1. The van der Waals surface area contributed by atoms with Crippen LogP contribution in [0.1, 0.15) is 22.2 Å². The molecule has 1 N–H and O–H groups in total. The molecule has 0 unspecified atom stereocenters. The molecule has 0 bridgehead atoms. The van der Waals surface area contributed by atoms with Crippen LogP contribution in [-0.2, 0) is 9.53 Å². The normalized spacial score (nSPS) is 14.0. The largest absolute Gasteiger partial charge is 0.493 e. The van der Waals surface area contributed by atoms with Crippen LogP contribution in [0.4, 0.5) is 4.79 Å². The van der Waals surface area contributed by atoms with Gasteiger partial charge in [0.1, 0.15) is 5.70 Å². The molecule has 1 aliphatic heterocycles. The van der Waals surface area contributed by atoms with E-state index in [9.17, 15) is 14.4 Å². The summed E-state index contributed by atoms with van der Waals surface area (Å²) in [6.07, 6.45) is 1.21. The number of piperazine rings is 1. The number of carbonyl (C=O) groups is 3. The number of rotatable bonds is 7. The van der Waals surface area contributed by atoms with Crippen molar-refractivity contribution in [1.29, 1.82) is 0 Å². The molecule has 3 rings (SSSR count). The first kappa shape index (κ1) is 24.1. The lowest BCUT2D eigenvalue weighted by Crippen LogP contribution is -2.52. The molecular weight excluding hydrogens is 446 g/mol. The smallest absolute Gasteiger partial charge is 0.409 e. The summed E-state index contributed by atoms with van der Waals surface area (Å²) in [6.45, 7) is 3.41.